The van der Waals surface area contributed by atoms with Crippen LogP contribution in [0.2, 0.25) is 0 Å². The van der Waals surface area contributed by atoms with Crippen LogP contribution < -0.4 is 16.2 Å². The summed E-state index contributed by atoms with van der Waals surface area (Å²) < 4.78 is 5.04. The minimum atomic E-state index is -0.936. The SMILES string of the molecule is Nc1cnc(OCC(O)CO)c(N)c1. The zero-order valence-corrected chi connectivity index (χ0v) is 7.55. The van der Waals surface area contributed by atoms with Gasteiger partial charge in [-0.05, 0) is 6.07 Å². The summed E-state index contributed by atoms with van der Waals surface area (Å²) in [6.07, 6.45) is 0.463. The van der Waals surface area contributed by atoms with Crippen LogP contribution in [0.25, 0.3) is 0 Å². The summed E-state index contributed by atoms with van der Waals surface area (Å²) >= 11 is 0. The lowest BCUT2D eigenvalue weighted by molar-refractivity contribution is 0.0524. The number of aliphatic hydroxyl groups is 2. The molecule has 0 saturated heterocycles. The van der Waals surface area contributed by atoms with Gasteiger partial charge in [-0.2, -0.15) is 0 Å². The molecule has 0 aliphatic carbocycles. The van der Waals surface area contributed by atoms with E-state index in [0.717, 1.165) is 0 Å². The van der Waals surface area contributed by atoms with Gasteiger partial charge in [0.05, 0.1) is 24.2 Å². The van der Waals surface area contributed by atoms with Crippen molar-refractivity contribution < 1.29 is 14.9 Å². The Morgan fingerprint density at radius 3 is 2.79 bits per heavy atom. The second-order valence-corrected chi connectivity index (χ2v) is 2.81. The third kappa shape index (κ3) is 2.75. The van der Waals surface area contributed by atoms with Gasteiger partial charge in [-0.25, -0.2) is 4.98 Å². The van der Waals surface area contributed by atoms with Crippen molar-refractivity contribution in [2.45, 2.75) is 6.10 Å². The van der Waals surface area contributed by atoms with E-state index in [0.29, 0.717) is 11.4 Å². The first-order valence-corrected chi connectivity index (χ1v) is 4.06. The fraction of sp³-hybridized carbons (Fsp3) is 0.375. The van der Waals surface area contributed by atoms with Crippen LogP contribution in [-0.4, -0.2) is 34.5 Å². The molecule has 0 amide bonds. The Morgan fingerprint density at radius 1 is 1.50 bits per heavy atom. The summed E-state index contributed by atoms with van der Waals surface area (Å²) in [6.45, 7) is -0.424. The molecule has 1 aromatic heterocycles. The summed E-state index contributed by atoms with van der Waals surface area (Å²) in [5.74, 6) is 0.201. The van der Waals surface area contributed by atoms with Crippen molar-refractivity contribution in [1.82, 2.24) is 4.98 Å². The molecule has 1 rings (SSSR count). The monoisotopic (exact) mass is 199 g/mol. The molecular weight excluding hydrogens is 186 g/mol. The Labute approximate surface area is 81.1 Å². The van der Waals surface area contributed by atoms with E-state index in [4.69, 9.17) is 26.4 Å². The molecule has 6 N–H and O–H groups in total. The largest absolute Gasteiger partial charge is 0.473 e. The minimum absolute atomic E-state index is 0.0579. The standard InChI is InChI=1S/C8H13N3O3/c9-5-1-7(10)8(11-2-5)14-4-6(13)3-12/h1-2,6,12-13H,3-4,9-10H2. The molecule has 78 valence electrons. The molecule has 0 aliphatic heterocycles. The number of hydrogen-bond acceptors (Lipinski definition) is 6. The van der Waals surface area contributed by atoms with E-state index in [1.165, 1.54) is 12.3 Å². The number of hydrogen-bond donors (Lipinski definition) is 4. The lowest BCUT2D eigenvalue weighted by Crippen LogP contribution is -2.22. The smallest absolute Gasteiger partial charge is 0.237 e. The van der Waals surface area contributed by atoms with Crippen LogP contribution in [-0.2, 0) is 0 Å². The molecule has 14 heavy (non-hydrogen) atoms. The zero-order valence-electron chi connectivity index (χ0n) is 7.55. The lowest BCUT2D eigenvalue weighted by atomic mass is 10.3. The van der Waals surface area contributed by atoms with Gasteiger partial charge in [0.1, 0.15) is 12.7 Å². The number of rotatable bonds is 4. The highest BCUT2D eigenvalue weighted by molar-refractivity contribution is 5.55. The second kappa shape index (κ2) is 4.64. The number of pyridine rings is 1. The van der Waals surface area contributed by atoms with Gasteiger partial charge in [0, 0.05) is 0 Å². The van der Waals surface area contributed by atoms with E-state index in [2.05, 4.69) is 4.98 Å². The van der Waals surface area contributed by atoms with Gasteiger partial charge >= 0.3 is 0 Å². The van der Waals surface area contributed by atoms with Gasteiger partial charge in [-0.1, -0.05) is 0 Å². The maximum atomic E-state index is 9.00. The number of nitrogens with two attached hydrogens (primary N) is 2. The molecule has 1 unspecified atom stereocenters. The number of ether oxygens (including phenoxy) is 1. The molecule has 0 bridgehead atoms. The summed E-state index contributed by atoms with van der Waals surface area (Å²) in [6, 6.07) is 1.51. The van der Waals surface area contributed by atoms with Gasteiger partial charge in [0.15, 0.2) is 0 Å². The van der Waals surface area contributed by atoms with Crippen molar-refractivity contribution in [2.24, 2.45) is 0 Å². The Balaban J connectivity index is 2.59. The molecule has 6 nitrogen and oxygen atoms in total. The number of nitrogen functional groups attached to an aromatic ring is 2. The first kappa shape index (κ1) is 10.6. The average molecular weight is 199 g/mol. The van der Waals surface area contributed by atoms with Crippen molar-refractivity contribution in [2.75, 3.05) is 24.7 Å². The summed E-state index contributed by atoms with van der Waals surface area (Å²) in [5.41, 5.74) is 11.7. The van der Waals surface area contributed by atoms with Crippen molar-refractivity contribution in [3.63, 3.8) is 0 Å². The molecule has 1 heterocycles. The molecule has 0 aromatic carbocycles. The normalized spacial score (nSPS) is 12.4. The fourth-order valence-electron chi connectivity index (χ4n) is 0.835. The predicted octanol–water partition coefficient (Wildman–Crippen LogP) is -1.02. The van der Waals surface area contributed by atoms with Crippen molar-refractivity contribution in [3.05, 3.63) is 12.3 Å². The molecule has 1 aromatic rings. The van der Waals surface area contributed by atoms with Crippen LogP contribution in [0.1, 0.15) is 0 Å². The number of aromatic nitrogens is 1. The first-order valence-electron chi connectivity index (χ1n) is 4.06. The fourth-order valence-corrected chi connectivity index (χ4v) is 0.835. The van der Waals surface area contributed by atoms with Crippen LogP contribution >= 0.6 is 0 Å². The molecule has 1 atom stereocenters. The number of anilines is 2. The quantitative estimate of drug-likeness (QED) is 0.493. The second-order valence-electron chi connectivity index (χ2n) is 2.81. The van der Waals surface area contributed by atoms with E-state index in [9.17, 15) is 0 Å². The molecular formula is C8H13N3O3. The summed E-state index contributed by atoms with van der Waals surface area (Å²) in [4.78, 5) is 3.82. The van der Waals surface area contributed by atoms with Gasteiger partial charge in [0.2, 0.25) is 5.88 Å². The van der Waals surface area contributed by atoms with Crippen LogP contribution in [0.4, 0.5) is 11.4 Å². The minimum Gasteiger partial charge on any atom is -0.473 e. The van der Waals surface area contributed by atoms with Crippen molar-refractivity contribution in [1.29, 1.82) is 0 Å². The topological polar surface area (TPSA) is 115 Å². The van der Waals surface area contributed by atoms with E-state index in [1.807, 2.05) is 0 Å². The van der Waals surface area contributed by atoms with Crippen LogP contribution in [0.15, 0.2) is 12.3 Å². The third-order valence-corrected chi connectivity index (χ3v) is 1.52. The number of aliphatic hydroxyl groups excluding tert-OH is 2. The number of nitrogens with zero attached hydrogens (tertiary/aromatic N) is 1. The van der Waals surface area contributed by atoms with Crippen LogP contribution in [0.3, 0.4) is 0 Å². The van der Waals surface area contributed by atoms with Gasteiger partial charge in [-0.3, -0.25) is 0 Å². The van der Waals surface area contributed by atoms with Crippen LogP contribution in [0, 0.1) is 0 Å². The van der Waals surface area contributed by atoms with Gasteiger partial charge in [-0.15, -0.1) is 0 Å². The predicted molar refractivity (Wildman–Crippen MR) is 51.6 cm³/mol. The highest BCUT2D eigenvalue weighted by Crippen LogP contribution is 2.19. The zero-order chi connectivity index (χ0) is 10.6. The van der Waals surface area contributed by atoms with Crippen LogP contribution in [0.5, 0.6) is 5.88 Å². The molecule has 0 spiro atoms. The Hall–Kier alpha value is -1.53. The van der Waals surface area contributed by atoms with Crippen molar-refractivity contribution in [3.8, 4) is 5.88 Å². The molecule has 0 radical (unpaired) electrons. The molecule has 6 heteroatoms. The first-order chi connectivity index (χ1) is 6.63. The maximum absolute atomic E-state index is 9.00. The summed E-state index contributed by atoms with van der Waals surface area (Å²) in [5, 5.41) is 17.5. The van der Waals surface area contributed by atoms with E-state index in [-0.39, 0.29) is 19.1 Å². The van der Waals surface area contributed by atoms with Crippen molar-refractivity contribution >= 4 is 11.4 Å². The van der Waals surface area contributed by atoms with E-state index >= 15 is 0 Å². The molecule has 0 saturated carbocycles. The average Bonchev–Trinajstić information content (AvgIpc) is 2.16. The lowest BCUT2D eigenvalue weighted by Gasteiger charge is -2.10. The molecule has 0 aliphatic rings. The summed E-state index contributed by atoms with van der Waals surface area (Å²) in [7, 11) is 0. The Morgan fingerprint density at radius 2 is 2.21 bits per heavy atom. The highest BCUT2D eigenvalue weighted by Gasteiger charge is 2.06. The Kier molecular flexibility index (Phi) is 3.49. The Bertz CT molecular complexity index is 306. The third-order valence-electron chi connectivity index (χ3n) is 1.52. The van der Waals surface area contributed by atoms with Gasteiger partial charge in [0.25, 0.3) is 0 Å². The van der Waals surface area contributed by atoms with E-state index in [1.54, 1.807) is 0 Å². The van der Waals surface area contributed by atoms with E-state index < -0.39 is 6.10 Å². The maximum Gasteiger partial charge on any atom is 0.237 e. The molecule has 0 fully saturated rings. The van der Waals surface area contributed by atoms with Gasteiger partial charge < -0.3 is 26.4 Å². The highest BCUT2D eigenvalue weighted by atomic mass is 16.5.